The van der Waals surface area contributed by atoms with E-state index in [9.17, 15) is 24.0 Å². The monoisotopic (exact) mass is 985 g/mol. The van der Waals surface area contributed by atoms with Crippen LogP contribution in [0.5, 0.6) is 0 Å². The lowest BCUT2D eigenvalue weighted by atomic mass is 9.84. The number of fused-ring (bicyclic) bond motifs is 6. The molecule has 2 aromatic carbocycles. The largest absolute Gasteiger partial charge is 0.464 e. The smallest absolute Gasteiger partial charge is 0.324 e. The van der Waals surface area contributed by atoms with E-state index >= 15 is 0 Å². The Bertz CT molecular complexity index is 2740. The Kier molecular flexibility index (Phi) is 16.2. The van der Waals surface area contributed by atoms with Crippen LogP contribution in [0.3, 0.4) is 0 Å². The summed E-state index contributed by atoms with van der Waals surface area (Å²) >= 11 is 0. The van der Waals surface area contributed by atoms with Gasteiger partial charge in [0.05, 0.1) is 49.3 Å². The molecule has 3 fully saturated rings. The molecule has 3 saturated heterocycles. The van der Waals surface area contributed by atoms with Crippen LogP contribution in [0, 0.1) is 29.1 Å². The predicted molar refractivity (Wildman–Crippen MR) is 275 cm³/mol. The summed E-state index contributed by atoms with van der Waals surface area (Å²) in [5.74, 6) is 3.01. The number of nitrogens with one attached hydrogen (secondary N) is 2. The predicted octanol–water partition coefficient (Wildman–Crippen LogP) is 5.41. The third-order valence-electron chi connectivity index (χ3n) is 14.9. The van der Waals surface area contributed by atoms with Gasteiger partial charge in [-0.1, -0.05) is 63.9 Å². The van der Waals surface area contributed by atoms with Gasteiger partial charge in [-0.05, 0) is 105 Å². The number of methoxy groups -OCH3 is 1. The Morgan fingerprint density at radius 1 is 1.03 bits per heavy atom. The van der Waals surface area contributed by atoms with Crippen molar-refractivity contribution in [3.63, 3.8) is 0 Å². The van der Waals surface area contributed by atoms with E-state index in [1.807, 2.05) is 46.0 Å². The number of likely N-dealkylation sites (tertiary alicyclic amines) is 1. The van der Waals surface area contributed by atoms with E-state index in [1.165, 1.54) is 9.91 Å². The number of carbonyl (C=O) groups is 5. The van der Waals surface area contributed by atoms with Gasteiger partial charge in [0.15, 0.2) is 0 Å². The van der Waals surface area contributed by atoms with Gasteiger partial charge in [0.25, 0.3) is 11.8 Å². The second kappa shape index (κ2) is 22.3. The van der Waals surface area contributed by atoms with Crippen LogP contribution < -0.4 is 10.7 Å². The lowest BCUT2D eigenvalue weighted by Gasteiger charge is -2.37. The molecule has 0 radical (unpaired) electrons. The standard InChI is InChI=1S/C56H72N8O8/c1-10-63-47-20-18-39-30-43(47)44(51(63)42-16-12-23-57-49(42)36(4)70-9)31-56(5,6)34-72-55(69)45-17-13-24-64(59-45)54(68)46(29-37-14-11-15-38(39)28-37)58-52(66)50(35(2)3)61(8)53(67)40-22-25-62(32-40)48(65)21-19-41-33-71-27-26-60(41)7/h11-12,14-16,18,20,23,28,30,35-36,40-41,45-46,50,59H,10,13,17,22,24-27,29,31-34H2,1-9H3,(H,58,66)/t36?,40-,41+,45-,46-,50-/m0/s1. The van der Waals surface area contributed by atoms with Gasteiger partial charge < -0.3 is 33.9 Å². The lowest BCUT2D eigenvalue weighted by Crippen LogP contribution is -2.62. The van der Waals surface area contributed by atoms with Crippen LogP contribution in [0.25, 0.3) is 33.3 Å². The van der Waals surface area contributed by atoms with Crippen LogP contribution in [0.1, 0.15) is 83.7 Å². The highest BCUT2D eigenvalue weighted by atomic mass is 16.5. The number of ether oxygens (including phenoxy) is 3. The zero-order chi connectivity index (χ0) is 51.4. The van der Waals surface area contributed by atoms with Crippen molar-refractivity contribution in [2.24, 2.45) is 17.3 Å². The highest BCUT2D eigenvalue weighted by molar-refractivity contribution is 5.97. The summed E-state index contributed by atoms with van der Waals surface area (Å²) in [6, 6.07) is 15.6. The summed E-state index contributed by atoms with van der Waals surface area (Å²) in [5.41, 5.74) is 10.4. The number of hydrazine groups is 1. The molecule has 4 amide bonds. The molecule has 16 nitrogen and oxygen atoms in total. The fraction of sp³-hybridized carbons (Fsp3) is 0.536. The molecule has 384 valence electrons. The number of hydrogen-bond acceptors (Lipinski definition) is 11. The summed E-state index contributed by atoms with van der Waals surface area (Å²) in [4.78, 5) is 80.8. The number of esters is 1. The average molecular weight is 985 g/mol. The molecular weight excluding hydrogens is 913 g/mol. The topological polar surface area (TPSA) is 168 Å². The van der Waals surface area contributed by atoms with E-state index in [0.717, 1.165) is 56.7 Å². The number of nitrogens with zero attached hydrogens (tertiary/aromatic N) is 6. The Morgan fingerprint density at radius 2 is 1.82 bits per heavy atom. The minimum absolute atomic E-state index is 0.130. The molecule has 6 heterocycles. The van der Waals surface area contributed by atoms with Crippen molar-refractivity contribution in [2.45, 2.75) is 110 Å². The molecule has 6 bridgehead atoms. The van der Waals surface area contributed by atoms with Gasteiger partial charge in [0, 0.05) is 81.4 Å². The molecule has 0 saturated carbocycles. The van der Waals surface area contributed by atoms with Gasteiger partial charge in [-0.15, -0.1) is 0 Å². The van der Waals surface area contributed by atoms with Crippen LogP contribution in [-0.2, 0) is 57.6 Å². The molecule has 2 aromatic heterocycles. The van der Waals surface area contributed by atoms with Crippen LogP contribution >= 0.6 is 0 Å². The maximum Gasteiger partial charge on any atom is 0.324 e. The summed E-state index contributed by atoms with van der Waals surface area (Å²) in [6.45, 7) is 15.6. The Morgan fingerprint density at radius 3 is 2.57 bits per heavy atom. The lowest BCUT2D eigenvalue weighted by molar-refractivity contribution is -0.155. The SMILES string of the molecule is CCn1c(-c2cccnc2C(C)OC)c2c3cc(ccc31)-c1cccc(c1)C[C@H](NC(=O)[C@H](C(C)C)N(C)C(=O)[C@H]1CCN(C(=O)C#C[C@@H]3COCCN3C)C1)C(=O)N1CCC[C@H](N1)C(=O)OCC(C)(C)C2. The third-order valence-corrected chi connectivity index (χ3v) is 14.9. The number of cyclic esters (lactones) is 1. The van der Waals surface area contributed by atoms with Gasteiger partial charge in [0.1, 0.15) is 18.1 Å². The maximum atomic E-state index is 14.8. The summed E-state index contributed by atoms with van der Waals surface area (Å²) in [7, 11) is 5.25. The summed E-state index contributed by atoms with van der Waals surface area (Å²) < 4.78 is 19.9. The number of carbonyl (C=O) groups excluding carboxylic acids is 5. The molecule has 4 aromatic rings. The molecule has 6 atom stereocenters. The van der Waals surface area contributed by atoms with Gasteiger partial charge in [0.2, 0.25) is 11.8 Å². The quantitative estimate of drug-likeness (QED) is 0.163. The van der Waals surface area contributed by atoms with Crippen LogP contribution in [0.15, 0.2) is 60.8 Å². The van der Waals surface area contributed by atoms with Gasteiger partial charge in [-0.3, -0.25) is 38.9 Å². The number of benzene rings is 2. The van der Waals surface area contributed by atoms with E-state index in [0.29, 0.717) is 58.5 Å². The molecular formula is C56H72N8O8. The van der Waals surface area contributed by atoms with Crippen LogP contribution in [0.4, 0.5) is 0 Å². The van der Waals surface area contributed by atoms with E-state index in [4.69, 9.17) is 19.2 Å². The van der Waals surface area contributed by atoms with E-state index in [1.54, 1.807) is 25.3 Å². The number of hydrogen-bond donors (Lipinski definition) is 2. The Hall–Kier alpha value is -6.12. The van der Waals surface area contributed by atoms with Crippen molar-refractivity contribution in [1.82, 2.24) is 40.0 Å². The number of likely N-dealkylation sites (N-methyl/N-ethyl adjacent to an activating group) is 2. The van der Waals surface area contributed by atoms with Crippen molar-refractivity contribution >= 4 is 40.5 Å². The van der Waals surface area contributed by atoms with Gasteiger partial charge >= 0.3 is 5.97 Å². The zero-order valence-electron chi connectivity index (χ0n) is 43.5. The number of aromatic nitrogens is 2. The molecule has 16 heteroatoms. The summed E-state index contributed by atoms with van der Waals surface area (Å²) in [6.07, 6.45) is 3.70. The minimum atomic E-state index is -1.07. The number of amides is 4. The molecule has 4 aliphatic heterocycles. The van der Waals surface area contributed by atoms with E-state index in [-0.39, 0.29) is 49.5 Å². The average Bonchev–Trinajstić information content (AvgIpc) is 3.99. The van der Waals surface area contributed by atoms with E-state index in [2.05, 4.69) is 89.2 Å². The third kappa shape index (κ3) is 11.2. The van der Waals surface area contributed by atoms with Gasteiger partial charge in [-0.2, -0.15) is 0 Å². The molecule has 0 aliphatic carbocycles. The maximum absolute atomic E-state index is 14.8. The molecule has 72 heavy (non-hydrogen) atoms. The highest BCUT2D eigenvalue weighted by Crippen LogP contribution is 2.42. The normalized spacial score (nSPS) is 22.6. The second-order valence-corrected chi connectivity index (χ2v) is 21.1. The second-order valence-electron chi connectivity index (χ2n) is 21.1. The number of morpholine rings is 1. The number of pyridine rings is 1. The Labute approximate surface area is 424 Å². The Balaban J connectivity index is 1.11. The molecule has 0 spiro atoms. The van der Waals surface area contributed by atoms with Crippen molar-refractivity contribution in [1.29, 1.82) is 0 Å². The molecule has 1 unspecified atom stereocenters. The zero-order valence-corrected chi connectivity index (χ0v) is 43.5. The first-order chi connectivity index (χ1) is 34.5. The summed E-state index contributed by atoms with van der Waals surface area (Å²) in [5, 5.41) is 5.59. The fourth-order valence-corrected chi connectivity index (χ4v) is 10.8. The van der Waals surface area contributed by atoms with Gasteiger partial charge in [-0.25, -0.2) is 5.43 Å². The number of rotatable bonds is 9. The van der Waals surface area contributed by atoms with Crippen LogP contribution in [-0.4, -0.2) is 150 Å². The number of aryl methyl sites for hydroxylation is 1. The highest BCUT2D eigenvalue weighted by Gasteiger charge is 2.40. The fourth-order valence-electron chi connectivity index (χ4n) is 10.8. The van der Waals surface area contributed by atoms with Crippen molar-refractivity contribution in [3.8, 4) is 34.2 Å². The molecule has 4 aliphatic rings. The van der Waals surface area contributed by atoms with Crippen LogP contribution in [0.2, 0.25) is 0 Å². The van der Waals surface area contributed by atoms with Crippen molar-refractivity contribution in [2.75, 3.05) is 67.2 Å². The first kappa shape index (κ1) is 52.2. The van der Waals surface area contributed by atoms with E-state index < -0.39 is 47.2 Å². The molecule has 8 rings (SSSR count). The van der Waals surface area contributed by atoms with Crippen molar-refractivity contribution < 1.29 is 38.2 Å². The molecule has 2 N–H and O–H groups in total. The van der Waals surface area contributed by atoms with Crippen molar-refractivity contribution in [3.05, 3.63) is 77.6 Å². The first-order valence-electron chi connectivity index (χ1n) is 25.6. The first-order valence-corrected chi connectivity index (χ1v) is 25.6. The minimum Gasteiger partial charge on any atom is -0.464 e.